The molecule has 3 aliphatic rings. The molecule has 1 aromatic heterocycles. The van der Waals surface area contributed by atoms with Crippen LogP contribution in [0.3, 0.4) is 0 Å². The van der Waals surface area contributed by atoms with Crippen LogP contribution in [0.25, 0.3) is 5.69 Å². The maximum Gasteiger partial charge on any atom is 0.265 e. The summed E-state index contributed by atoms with van der Waals surface area (Å²) in [7, 11) is 0. The molecule has 0 atom stereocenters. The van der Waals surface area contributed by atoms with E-state index in [-0.39, 0.29) is 0 Å². The molecule has 2 aromatic rings. The van der Waals surface area contributed by atoms with Crippen molar-refractivity contribution in [3.63, 3.8) is 0 Å². The van der Waals surface area contributed by atoms with E-state index in [1.807, 2.05) is 0 Å². The van der Waals surface area contributed by atoms with Gasteiger partial charge >= 0.3 is 0 Å². The number of nitrogens with zero attached hydrogens (tertiary/aromatic N) is 2. The van der Waals surface area contributed by atoms with Gasteiger partial charge in [0.2, 0.25) is 0 Å². The number of para-hydroxylation sites is 1. The molecule has 3 fully saturated rings. The predicted octanol–water partition coefficient (Wildman–Crippen LogP) is 7.20. The van der Waals surface area contributed by atoms with Gasteiger partial charge in [-0.15, -0.1) is 0 Å². The first-order chi connectivity index (χ1) is 14.3. The molecular formula is C27H39N2+. The van der Waals surface area contributed by atoms with Crippen molar-refractivity contribution in [2.75, 3.05) is 0 Å². The first kappa shape index (κ1) is 19.4. The molecule has 3 aliphatic carbocycles. The van der Waals surface area contributed by atoms with Gasteiger partial charge in [-0.2, -0.15) is 4.57 Å². The highest BCUT2D eigenvalue weighted by atomic mass is 15.2. The van der Waals surface area contributed by atoms with E-state index in [9.17, 15) is 0 Å². The van der Waals surface area contributed by atoms with Gasteiger partial charge in [-0.3, -0.25) is 0 Å². The van der Waals surface area contributed by atoms with E-state index in [2.05, 4.69) is 47.2 Å². The van der Waals surface area contributed by atoms with Crippen molar-refractivity contribution in [3.8, 4) is 5.69 Å². The zero-order chi connectivity index (χ0) is 19.8. The SMILES string of the molecule is Cc1ccccc1-n1c(C)c(C2CCCC2)[n+](C2CCCCC2)c1C1CCCC1. The lowest BCUT2D eigenvalue weighted by molar-refractivity contribution is -0.740. The van der Waals surface area contributed by atoms with Crippen LogP contribution in [0, 0.1) is 13.8 Å². The van der Waals surface area contributed by atoms with Crippen LogP contribution in [0.5, 0.6) is 0 Å². The van der Waals surface area contributed by atoms with E-state index in [1.54, 1.807) is 17.2 Å². The zero-order valence-corrected chi connectivity index (χ0v) is 18.6. The molecule has 0 aliphatic heterocycles. The van der Waals surface area contributed by atoms with Crippen LogP contribution in [0.4, 0.5) is 0 Å². The van der Waals surface area contributed by atoms with Gasteiger partial charge in [0.15, 0.2) is 0 Å². The van der Waals surface area contributed by atoms with Crippen molar-refractivity contribution in [1.82, 2.24) is 4.57 Å². The average Bonchev–Trinajstić information content (AvgIpc) is 3.49. The highest BCUT2D eigenvalue weighted by molar-refractivity contribution is 5.43. The van der Waals surface area contributed by atoms with Gasteiger partial charge < -0.3 is 0 Å². The molecule has 0 amide bonds. The van der Waals surface area contributed by atoms with Crippen molar-refractivity contribution in [2.45, 2.75) is 115 Å². The van der Waals surface area contributed by atoms with Crippen LogP contribution in [0.1, 0.15) is 124 Å². The lowest BCUT2D eigenvalue weighted by Gasteiger charge is -2.24. The highest BCUT2D eigenvalue weighted by Crippen LogP contribution is 2.42. The topological polar surface area (TPSA) is 8.81 Å². The summed E-state index contributed by atoms with van der Waals surface area (Å²) < 4.78 is 5.68. The lowest BCUT2D eigenvalue weighted by atomic mass is 9.92. The first-order valence-corrected chi connectivity index (χ1v) is 12.5. The number of aryl methyl sites for hydroxylation is 1. The Morgan fingerprint density at radius 3 is 1.97 bits per heavy atom. The number of hydrogen-bond donors (Lipinski definition) is 0. The summed E-state index contributed by atoms with van der Waals surface area (Å²) in [6.45, 7) is 4.74. The smallest absolute Gasteiger partial charge is 0.228 e. The van der Waals surface area contributed by atoms with E-state index >= 15 is 0 Å². The maximum absolute atomic E-state index is 2.95. The van der Waals surface area contributed by atoms with E-state index in [4.69, 9.17) is 0 Å². The molecule has 0 radical (unpaired) electrons. The summed E-state index contributed by atoms with van der Waals surface area (Å²) in [5.41, 5.74) is 6.12. The molecule has 2 heteroatoms. The maximum atomic E-state index is 2.95. The fraction of sp³-hybridized carbons (Fsp3) is 0.667. The summed E-state index contributed by atoms with van der Waals surface area (Å²) in [6.07, 6.45) is 18.3. The molecule has 1 heterocycles. The second kappa shape index (κ2) is 8.28. The third kappa shape index (κ3) is 3.47. The minimum atomic E-state index is 0.735. The summed E-state index contributed by atoms with van der Waals surface area (Å²) in [5, 5.41) is 0. The van der Waals surface area contributed by atoms with E-state index in [0.29, 0.717) is 0 Å². The van der Waals surface area contributed by atoms with Crippen LogP contribution in [0.2, 0.25) is 0 Å². The first-order valence-electron chi connectivity index (χ1n) is 12.5. The molecule has 3 saturated carbocycles. The van der Waals surface area contributed by atoms with Crippen LogP contribution in [-0.2, 0) is 0 Å². The number of benzene rings is 1. The minimum absolute atomic E-state index is 0.735. The summed E-state index contributed by atoms with van der Waals surface area (Å²) in [6, 6.07) is 9.83. The number of aromatic nitrogens is 2. The van der Waals surface area contributed by atoms with Gasteiger partial charge in [0.25, 0.3) is 5.82 Å². The Bertz CT molecular complexity index is 844. The number of imidazole rings is 1. The normalized spacial score (nSPS) is 22.0. The predicted molar refractivity (Wildman–Crippen MR) is 120 cm³/mol. The summed E-state index contributed by atoms with van der Waals surface area (Å²) in [5.74, 6) is 3.19. The molecule has 0 saturated heterocycles. The summed E-state index contributed by atoms with van der Waals surface area (Å²) in [4.78, 5) is 0. The second-order valence-electron chi connectivity index (χ2n) is 10.1. The number of rotatable bonds is 4. The molecule has 29 heavy (non-hydrogen) atoms. The largest absolute Gasteiger partial charge is 0.265 e. The lowest BCUT2D eigenvalue weighted by Crippen LogP contribution is -2.47. The van der Waals surface area contributed by atoms with E-state index in [1.165, 1.54) is 94.7 Å². The third-order valence-corrected chi connectivity index (χ3v) is 8.20. The Morgan fingerprint density at radius 2 is 1.31 bits per heavy atom. The fourth-order valence-corrected chi connectivity index (χ4v) is 6.79. The van der Waals surface area contributed by atoms with Gasteiger partial charge in [0.05, 0.1) is 5.92 Å². The van der Waals surface area contributed by atoms with Crippen molar-refractivity contribution in [1.29, 1.82) is 0 Å². The van der Waals surface area contributed by atoms with Crippen LogP contribution in [-0.4, -0.2) is 4.57 Å². The highest BCUT2D eigenvalue weighted by Gasteiger charge is 2.42. The van der Waals surface area contributed by atoms with Crippen molar-refractivity contribution >= 4 is 0 Å². The molecule has 0 spiro atoms. The third-order valence-electron chi connectivity index (χ3n) is 8.20. The summed E-state index contributed by atoms with van der Waals surface area (Å²) >= 11 is 0. The van der Waals surface area contributed by atoms with Gasteiger partial charge in [0.1, 0.15) is 23.1 Å². The van der Waals surface area contributed by atoms with Gasteiger partial charge in [-0.25, -0.2) is 4.57 Å². The quantitative estimate of drug-likeness (QED) is 0.487. The monoisotopic (exact) mass is 391 g/mol. The van der Waals surface area contributed by atoms with Crippen LogP contribution >= 0.6 is 0 Å². The number of hydrogen-bond acceptors (Lipinski definition) is 0. The van der Waals surface area contributed by atoms with E-state index in [0.717, 1.165) is 17.9 Å². The zero-order valence-electron chi connectivity index (χ0n) is 18.6. The molecule has 1 aromatic carbocycles. The molecule has 0 N–H and O–H groups in total. The Kier molecular flexibility index (Phi) is 5.54. The molecule has 2 nitrogen and oxygen atoms in total. The fourth-order valence-electron chi connectivity index (χ4n) is 6.79. The minimum Gasteiger partial charge on any atom is -0.228 e. The Hall–Kier alpha value is -1.57. The van der Waals surface area contributed by atoms with Gasteiger partial charge in [0, 0.05) is 12.8 Å². The van der Waals surface area contributed by atoms with Gasteiger partial charge in [-0.1, -0.05) is 50.3 Å². The van der Waals surface area contributed by atoms with Crippen molar-refractivity contribution < 1.29 is 4.57 Å². The Labute approximate surface area is 177 Å². The Balaban J connectivity index is 1.76. The Morgan fingerprint density at radius 1 is 0.724 bits per heavy atom. The molecule has 156 valence electrons. The van der Waals surface area contributed by atoms with E-state index < -0.39 is 0 Å². The van der Waals surface area contributed by atoms with Crippen LogP contribution in [0.15, 0.2) is 24.3 Å². The average molecular weight is 392 g/mol. The molecule has 0 unspecified atom stereocenters. The molecule has 0 bridgehead atoms. The van der Waals surface area contributed by atoms with Crippen molar-refractivity contribution in [2.24, 2.45) is 0 Å². The second-order valence-corrected chi connectivity index (χ2v) is 10.1. The van der Waals surface area contributed by atoms with Crippen molar-refractivity contribution in [3.05, 3.63) is 47.0 Å². The molecule has 5 rings (SSSR count). The van der Waals surface area contributed by atoms with Crippen LogP contribution < -0.4 is 4.57 Å². The van der Waals surface area contributed by atoms with Gasteiger partial charge in [-0.05, 0) is 69.9 Å². The molecular weight excluding hydrogens is 352 g/mol. The standard InChI is InChI=1S/C27H39N2/c1-20-12-6-11-19-25(20)28-21(2)26(22-13-7-8-14-22)29(24-17-4-3-5-18-24)27(28)23-15-9-10-16-23/h6,11-12,19,22-24H,3-5,7-10,13-18H2,1-2H3/q+1.